The Kier molecular flexibility index (Phi) is 4.54. The van der Waals surface area contributed by atoms with Gasteiger partial charge < -0.3 is 0 Å². The predicted octanol–water partition coefficient (Wildman–Crippen LogP) is 5.86. The van der Waals surface area contributed by atoms with E-state index < -0.39 is 0 Å². The smallest absolute Gasteiger partial charge is 0.0345 e. The van der Waals surface area contributed by atoms with E-state index in [1.54, 1.807) is 11.3 Å². The van der Waals surface area contributed by atoms with Crippen LogP contribution in [-0.2, 0) is 11.8 Å². The minimum atomic E-state index is -0.214. The number of hydrogen-bond donors (Lipinski definition) is 0. The average molecular weight is 335 g/mol. The minimum absolute atomic E-state index is 0.214. The average Bonchev–Trinajstić information content (AvgIpc) is 2.96. The molecule has 0 fully saturated rings. The zero-order valence-corrected chi connectivity index (χ0v) is 13.9. The zero-order valence-electron chi connectivity index (χ0n) is 11.6. The first-order valence-corrected chi connectivity index (χ1v) is 8.86. The molecule has 0 N–H and O–H groups in total. The lowest BCUT2D eigenvalue weighted by atomic mass is 9.79. The molecule has 1 aromatic heterocycles. The summed E-state index contributed by atoms with van der Waals surface area (Å²) in [7, 11) is 0. The predicted molar refractivity (Wildman–Crippen MR) is 95.1 cm³/mol. The van der Waals surface area contributed by atoms with Crippen LogP contribution in [0.15, 0.2) is 60.0 Å². The van der Waals surface area contributed by atoms with Crippen molar-refractivity contribution in [3.05, 3.63) is 71.1 Å². The molecule has 0 nitrogen and oxygen atoms in total. The van der Waals surface area contributed by atoms with Crippen LogP contribution in [0.4, 0.5) is 0 Å². The molecule has 21 heavy (non-hydrogen) atoms. The van der Waals surface area contributed by atoms with Gasteiger partial charge in [0.25, 0.3) is 0 Å². The van der Waals surface area contributed by atoms with Gasteiger partial charge in [-0.25, -0.2) is 0 Å². The summed E-state index contributed by atoms with van der Waals surface area (Å²) < 4.78 is 1.32. The molecule has 1 heterocycles. The quantitative estimate of drug-likeness (QED) is 0.512. The fraction of sp³-hybridized carbons (Fsp3) is 0.222. The molecule has 0 radical (unpaired) electrons. The van der Waals surface area contributed by atoms with Gasteiger partial charge in [0.15, 0.2) is 0 Å². The Hall–Kier alpha value is -1.02. The van der Waals surface area contributed by atoms with Gasteiger partial charge in [0.05, 0.1) is 0 Å². The molecule has 0 aliphatic carbocycles. The van der Waals surface area contributed by atoms with Gasteiger partial charge >= 0.3 is 0 Å². The molecular formula is C18H16Cl2S. The molecule has 3 heteroatoms. The Morgan fingerprint density at radius 2 is 1.52 bits per heavy atom. The molecule has 3 rings (SSSR count). The highest BCUT2D eigenvalue weighted by Crippen LogP contribution is 2.35. The lowest BCUT2D eigenvalue weighted by Gasteiger charge is -2.30. The van der Waals surface area contributed by atoms with E-state index in [1.807, 2.05) is 6.07 Å². The second kappa shape index (κ2) is 6.39. The van der Waals surface area contributed by atoms with Crippen molar-refractivity contribution in [2.45, 2.75) is 11.8 Å². The summed E-state index contributed by atoms with van der Waals surface area (Å²) in [5.74, 6) is 1.04. The van der Waals surface area contributed by atoms with Crippen molar-refractivity contribution in [2.24, 2.45) is 0 Å². The van der Waals surface area contributed by atoms with Crippen LogP contribution < -0.4 is 0 Å². The molecule has 0 aliphatic rings. The monoisotopic (exact) mass is 334 g/mol. The highest BCUT2D eigenvalue weighted by molar-refractivity contribution is 7.17. The molecule has 0 unspecified atom stereocenters. The summed E-state index contributed by atoms with van der Waals surface area (Å²) in [5, 5.41) is 3.56. The Balaban J connectivity index is 2.03. The first-order valence-electron chi connectivity index (χ1n) is 6.92. The topological polar surface area (TPSA) is 0 Å². The fourth-order valence-electron chi connectivity index (χ4n) is 2.71. The van der Waals surface area contributed by atoms with E-state index in [-0.39, 0.29) is 5.41 Å². The van der Waals surface area contributed by atoms with Gasteiger partial charge in [0.2, 0.25) is 0 Å². The first-order chi connectivity index (χ1) is 10.3. The Bertz CT molecular complexity index is 714. The summed E-state index contributed by atoms with van der Waals surface area (Å²) in [6, 6.07) is 18.9. The number of thiophene rings is 1. The van der Waals surface area contributed by atoms with Crippen molar-refractivity contribution < 1.29 is 0 Å². The summed E-state index contributed by atoms with van der Waals surface area (Å²) in [4.78, 5) is 0. The van der Waals surface area contributed by atoms with Crippen molar-refractivity contribution >= 4 is 44.6 Å². The number of benzene rings is 2. The molecule has 0 spiro atoms. The van der Waals surface area contributed by atoms with Crippen molar-refractivity contribution in [3.8, 4) is 0 Å². The van der Waals surface area contributed by atoms with Gasteiger partial charge in [-0.3, -0.25) is 0 Å². The van der Waals surface area contributed by atoms with E-state index in [4.69, 9.17) is 23.2 Å². The number of hydrogen-bond acceptors (Lipinski definition) is 1. The third-order valence-electron chi connectivity index (χ3n) is 3.99. The van der Waals surface area contributed by atoms with Gasteiger partial charge in [0.1, 0.15) is 0 Å². The van der Waals surface area contributed by atoms with E-state index in [2.05, 4.69) is 53.9 Å². The number of fused-ring (bicyclic) bond motifs is 1. The highest BCUT2D eigenvalue weighted by atomic mass is 35.5. The lowest BCUT2D eigenvalue weighted by molar-refractivity contribution is 0.539. The summed E-state index contributed by atoms with van der Waals surface area (Å²) >= 11 is 14.5. The fourth-order valence-corrected chi connectivity index (χ4v) is 4.46. The van der Waals surface area contributed by atoms with E-state index >= 15 is 0 Å². The molecular weight excluding hydrogens is 319 g/mol. The van der Waals surface area contributed by atoms with Gasteiger partial charge in [-0.2, -0.15) is 0 Å². The zero-order chi connectivity index (χ0) is 14.7. The molecule has 0 saturated carbocycles. The molecule has 108 valence electrons. The molecule has 0 bridgehead atoms. The van der Waals surface area contributed by atoms with Crippen LogP contribution in [0, 0.1) is 0 Å². The summed E-state index contributed by atoms with van der Waals surface area (Å²) in [5.41, 5.74) is 2.33. The highest BCUT2D eigenvalue weighted by Gasteiger charge is 2.31. The van der Waals surface area contributed by atoms with Crippen LogP contribution >= 0.6 is 34.5 Å². The van der Waals surface area contributed by atoms with Crippen LogP contribution in [0.1, 0.15) is 11.1 Å². The maximum atomic E-state index is 6.35. The van der Waals surface area contributed by atoms with Crippen LogP contribution in [0.25, 0.3) is 10.1 Å². The Morgan fingerprint density at radius 1 is 0.857 bits per heavy atom. The van der Waals surface area contributed by atoms with Crippen LogP contribution in [0.3, 0.4) is 0 Å². The van der Waals surface area contributed by atoms with Gasteiger partial charge in [0, 0.05) is 21.9 Å². The molecule has 3 aromatic rings. The molecule has 2 aromatic carbocycles. The van der Waals surface area contributed by atoms with Crippen LogP contribution in [-0.4, -0.2) is 11.8 Å². The maximum absolute atomic E-state index is 6.35. The molecule has 0 saturated heterocycles. The Morgan fingerprint density at radius 3 is 2.24 bits per heavy atom. The largest absolute Gasteiger partial charge is 0.144 e. The van der Waals surface area contributed by atoms with Crippen molar-refractivity contribution in [2.75, 3.05) is 11.8 Å². The number of alkyl halides is 2. The van der Waals surface area contributed by atoms with Crippen molar-refractivity contribution in [3.63, 3.8) is 0 Å². The standard InChI is InChI=1S/C18H16Cl2S/c19-12-18(13-20,15-6-2-1-3-7-15)10-14-11-21-17-9-5-4-8-16(14)17/h1-9,11H,10,12-13H2. The van der Waals surface area contributed by atoms with Crippen LogP contribution in [0.5, 0.6) is 0 Å². The number of halogens is 2. The third-order valence-corrected chi connectivity index (χ3v) is 6.02. The first kappa shape index (κ1) is 14.9. The van der Waals surface area contributed by atoms with Gasteiger partial charge in [-0.1, -0.05) is 48.5 Å². The molecule has 0 amide bonds. The van der Waals surface area contributed by atoms with Crippen molar-refractivity contribution in [1.82, 2.24) is 0 Å². The van der Waals surface area contributed by atoms with Crippen LogP contribution in [0.2, 0.25) is 0 Å². The third kappa shape index (κ3) is 2.83. The summed E-state index contributed by atoms with van der Waals surface area (Å²) in [6.45, 7) is 0. The van der Waals surface area contributed by atoms with Crippen molar-refractivity contribution in [1.29, 1.82) is 0 Å². The van der Waals surface area contributed by atoms with E-state index in [0.29, 0.717) is 11.8 Å². The minimum Gasteiger partial charge on any atom is -0.144 e. The van der Waals surface area contributed by atoms with Gasteiger partial charge in [-0.05, 0) is 34.4 Å². The second-order valence-electron chi connectivity index (χ2n) is 5.35. The lowest BCUT2D eigenvalue weighted by Crippen LogP contribution is -2.33. The Labute approximate surface area is 139 Å². The normalized spacial score (nSPS) is 11.9. The number of rotatable bonds is 5. The van der Waals surface area contributed by atoms with E-state index in [0.717, 1.165) is 6.42 Å². The molecule has 0 aliphatic heterocycles. The van der Waals surface area contributed by atoms with Gasteiger partial charge in [-0.15, -0.1) is 34.5 Å². The second-order valence-corrected chi connectivity index (χ2v) is 6.79. The summed E-state index contributed by atoms with van der Waals surface area (Å²) in [6.07, 6.45) is 0.869. The van der Waals surface area contributed by atoms with E-state index in [1.165, 1.54) is 21.2 Å². The van der Waals surface area contributed by atoms with E-state index in [9.17, 15) is 0 Å². The SMILES string of the molecule is ClCC(CCl)(Cc1csc2ccccc12)c1ccccc1. The molecule has 0 atom stereocenters. The maximum Gasteiger partial charge on any atom is 0.0345 e.